The van der Waals surface area contributed by atoms with Gasteiger partial charge in [-0.3, -0.25) is 4.79 Å². The fraction of sp³-hybridized carbons (Fsp3) is 0.259. The summed E-state index contributed by atoms with van der Waals surface area (Å²) in [5, 5.41) is 8.26. The van der Waals surface area contributed by atoms with Crippen LogP contribution in [0.25, 0.3) is 0 Å². The molecule has 6 heteroatoms. The first-order chi connectivity index (χ1) is 16.1. The van der Waals surface area contributed by atoms with E-state index in [2.05, 4.69) is 64.5 Å². The Morgan fingerprint density at radius 3 is 2.03 bits per heavy atom. The van der Waals surface area contributed by atoms with E-state index in [9.17, 15) is 14.0 Å². The van der Waals surface area contributed by atoms with E-state index in [0.29, 0.717) is 18.4 Å². The number of benzene rings is 3. The zero-order valence-corrected chi connectivity index (χ0v) is 18.2. The van der Waals surface area contributed by atoms with Crippen LogP contribution in [0, 0.1) is 11.7 Å². The molecule has 3 amide bonds. The molecule has 1 unspecified atom stereocenters. The van der Waals surface area contributed by atoms with E-state index in [0.717, 1.165) is 12.0 Å². The molecule has 0 aliphatic heterocycles. The summed E-state index contributed by atoms with van der Waals surface area (Å²) < 4.78 is 13.0. The molecular weight excluding hydrogens is 417 g/mol. The molecule has 3 aromatic rings. The molecule has 0 radical (unpaired) electrons. The maximum Gasteiger partial charge on any atom is 0.315 e. The van der Waals surface area contributed by atoms with E-state index in [1.165, 1.54) is 34.4 Å². The lowest BCUT2D eigenvalue weighted by Gasteiger charge is -2.45. The SMILES string of the molecule is O=C(CNC(=O)NCc1ccc(F)cc1)NCC1CC2c3ccccc3C1c1ccccc12. The van der Waals surface area contributed by atoms with Crippen LogP contribution in [0.1, 0.15) is 46.1 Å². The van der Waals surface area contributed by atoms with Crippen molar-refractivity contribution in [1.29, 1.82) is 0 Å². The number of carbonyl (C=O) groups excluding carboxylic acids is 2. The quantitative estimate of drug-likeness (QED) is 0.538. The highest BCUT2D eigenvalue weighted by atomic mass is 19.1. The van der Waals surface area contributed by atoms with E-state index < -0.39 is 6.03 Å². The van der Waals surface area contributed by atoms with Gasteiger partial charge in [0.05, 0.1) is 6.54 Å². The smallest absolute Gasteiger partial charge is 0.315 e. The lowest BCUT2D eigenvalue weighted by atomic mass is 9.59. The third-order valence-electron chi connectivity index (χ3n) is 6.76. The van der Waals surface area contributed by atoms with Gasteiger partial charge < -0.3 is 16.0 Å². The van der Waals surface area contributed by atoms with Gasteiger partial charge in [-0.1, -0.05) is 60.7 Å². The second-order valence-corrected chi connectivity index (χ2v) is 8.75. The molecule has 0 heterocycles. The van der Waals surface area contributed by atoms with Crippen molar-refractivity contribution in [2.24, 2.45) is 5.92 Å². The molecule has 2 bridgehead atoms. The van der Waals surface area contributed by atoms with Crippen molar-refractivity contribution >= 4 is 11.9 Å². The molecule has 0 saturated carbocycles. The number of hydrogen-bond acceptors (Lipinski definition) is 2. The summed E-state index contributed by atoms with van der Waals surface area (Å²) in [6.45, 7) is 0.739. The van der Waals surface area contributed by atoms with Crippen molar-refractivity contribution < 1.29 is 14.0 Å². The summed E-state index contributed by atoms with van der Waals surface area (Å²) >= 11 is 0. The van der Waals surface area contributed by atoms with Crippen LogP contribution in [-0.4, -0.2) is 25.0 Å². The van der Waals surface area contributed by atoms with Gasteiger partial charge in [-0.2, -0.15) is 0 Å². The Hall–Kier alpha value is -3.67. The fourth-order valence-electron chi connectivity index (χ4n) is 5.27. The first kappa shape index (κ1) is 21.2. The van der Waals surface area contributed by atoms with E-state index in [4.69, 9.17) is 0 Å². The molecule has 3 aliphatic carbocycles. The van der Waals surface area contributed by atoms with Gasteiger partial charge >= 0.3 is 6.03 Å². The van der Waals surface area contributed by atoms with Crippen molar-refractivity contribution in [2.45, 2.75) is 24.8 Å². The number of halogens is 1. The lowest BCUT2D eigenvalue weighted by Crippen LogP contribution is -2.44. The Bertz CT molecular complexity index is 1130. The Balaban J connectivity index is 1.15. The number of rotatable bonds is 6. The highest BCUT2D eigenvalue weighted by Crippen LogP contribution is 2.55. The third kappa shape index (κ3) is 4.33. The number of carbonyl (C=O) groups is 2. The van der Waals surface area contributed by atoms with Crippen LogP contribution in [0.5, 0.6) is 0 Å². The number of amides is 3. The maximum absolute atomic E-state index is 13.0. The first-order valence-electron chi connectivity index (χ1n) is 11.3. The molecule has 6 rings (SSSR count). The molecule has 0 saturated heterocycles. The molecule has 0 spiro atoms. The van der Waals surface area contributed by atoms with Crippen molar-refractivity contribution in [3.8, 4) is 0 Å². The minimum absolute atomic E-state index is 0.0940. The van der Waals surface area contributed by atoms with Crippen LogP contribution >= 0.6 is 0 Å². The molecule has 3 aromatic carbocycles. The Morgan fingerprint density at radius 1 is 0.788 bits per heavy atom. The molecule has 1 atom stereocenters. The predicted octanol–water partition coefficient (Wildman–Crippen LogP) is 4.04. The summed E-state index contributed by atoms with van der Waals surface area (Å²) in [4.78, 5) is 24.4. The number of fused-ring (bicyclic) bond motifs is 1. The summed E-state index contributed by atoms with van der Waals surface area (Å²) in [7, 11) is 0. The van der Waals surface area contributed by atoms with Gasteiger partial charge in [0.15, 0.2) is 0 Å². The normalized spacial score (nSPS) is 19.8. The number of hydrogen-bond donors (Lipinski definition) is 3. The van der Waals surface area contributed by atoms with Crippen LogP contribution in [-0.2, 0) is 11.3 Å². The summed E-state index contributed by atoms with van der Waals surface area (Å²) in [6.07, 6.45) is 1.00. The molecule has 33 heavy (non-hydrogen) atoms. The zero-order chi connectivity index (χ0) is 22.8. The van der Waals surface area contributed by atoms with Gasteiger partial charge in [0.1, 0.15) is 5.82 Å². The highest BCUT2D eigenvalue weighted by Gasteiger charge is 2.42. The van der Waals surface area contributed by atoms with Crippen LogP contribution in [0.3, 0.4) is 0 Å². The molecule has 3 aliphatic rings. The lowest BCUT2D eigenvalue weighted by molar-refractivity contribution is -0.120. The summed E-state index contributed by atoms with van der Waals surface area (Å²) in [5.41, 5.74) is 6.32. The van der Waals surface area contributed by atoms with E-state index >= 15 is 0 Å². The average Bonchev–Trinajstić information content (AvgIpc) is 2.86. The molecule has 0 aromatic heterocycles. The van der Waals surface area contributed by atoms with Crippen molar-refractivity contribution in [1.82, 2.24) is 16.0 Å². The molecular formula is C27H26FN3O2. The van der Waals surface area contributed by atoms with Crippen molar-refractivity contribution in [3.05, 3.63) is 106 Å². The summed E-state index contributed by atoms with van der Waals surface area (Å²) in [6, 6.07) is 22.7. The highest BCUT2D eigenvalue weighted by molar-refractivity contribution is 5.83. The molecule has 3 N–H and O–H groups in total. The van der Waals surface area contributed by atoms with Gasteiger partial charge in [0.25, 0.3) is 0 Å². The van der Waals surface area contributed by atoms with Gasteiger partial charge in [-0.25, -0.2) is 9.18 Å². The minimum atomic E-state index is -0.436. The second-order valence-electron chi connectivity index (χ2n) is 8.75. The fourth-order valence-corrected chi connectivity index (χ4v) is 5.27. The maximum atomic E-state index is 13.0. The molecule has 0 fully saturated rings. The van der Waals surface area contributed by atoms with Gasteiger partial charge in [-0.15, -0.1) is 0 Å². The van der Waals surface area contributed by atoms with E-state index in [1.54, 1.807) is 12.1 Å². The average molecular weight is 444 g/mol. The van der Waals surface area contributed by atoms with Crippen LogP contribution in [0.15, 0.2) is 72.8 Å². The standard InChI is InChI=1S/C27H26FN3O2/c28-19-11-9-17(10-12-19)14-30-27(33)31-16-25(32)29-15-18-13-24-20-5-1-3-7-22(20)26(18)23-8-4-2-6-21(23)24/h1-12,18,24,26H,13-16H2,(H,29,32)(H2,30,31,33). The van der Waals surface area contributed by atoms with Gasteiger partial charge in [-0.05, 0) is 52.3 Å². The van der Waals surface area contributed by atoms with Crippen LogP contribution in [0.4, 0.5) is 9.18 Å². The Labute approximate surface area is 192 Å². The third-order valence-corrected chi connectivity index (χ3v) is 6.76. The van der Waals surface area contributed by atoms with Crippen molar-refractivity contribution in [3.63, 3.8) is 0 Å². The van der Waals surface area contributed by atoms with Crippen molar-refractivity contribution in [2.75, 3.05) is 13.1 Å². The molecule has 168 valence electrons. The molecule has 5 nitrogen and oxygen atoms in total. The second kappa shape index (κ2) is 9.06. The van der Waals surface area contributed by atoms with Crippen LogP contribution in [0.2, 0.25) is 0 Å². The largest absolute Gasteiger partial charge is 0.354 e. The predicted molar refractivity (Wildman–Crippen MR) is 124 cm³/mol. The minimum Gasteiger partial charge on any atom is -0.354 e. The monoisotopic (exact) mass is 443 g/mol. The Morgan fingerprint density at radius 2 is 1.39 bits per heavy atom. The van der Waals surface area contributed by atoms with Gasteiger partial charge in [0, 0.05) is 24.9 Å². The van der Waals surface area contributed by atoms with Gasteiger partial charge in [0.2, 0.25) is 5.91 Å². The summed E-state index contributed by atoms with van der Waals surface area (Å²) in [5.74, 6) is 0.415. The van der Waals surface area contributed by atoms with Crippen LogP contribution < -0.4 is 16.0 Å². The Kier molecular flexibility index (Phi) is 5.82. The van der Waals surface area contributed by atoms with E-state index in [-0.39, 0.29) is 30.7 Å². The van der Waals surface area contributed by atoms with E-state index in [1.807, 2.05) is 0 Å². The number of urea groups is 1. The zero-order valence-electron chi connectivity index (χ0n) is 18.2. The first-order valence-corrected chi connectivity index (χ1v) is 11.3. The number of nitrogens with one attached hydrogen (secondary N) is 3. The topological polar surface area (TPSA) is 70.2 Å².